The Kier molecular flexibility index (Phi) is 5.27. The normalized spacial score (nSPS) is 15.0. The maximum absolute atomic E-state index is 13.9. The number of hydrogen-bond donors (Lipinski definition) is 1. The van der Waals surface area contributed by atoms with E-state index in [1.165, 1.54) is 13.8 Å². The zero-order valence-electron chi connectivity index (χ0n) is 12.9. The Morgan fingerprint density at radius 3 is 1.83 bits per heavy atom. The number of benzene rings is 1. The summed E-state index contributed by atoms with van der Waals surface area (Å²) >= 11 is 0. The van der Waals surface area contributed by atoms with Gasteiger partial charge < -0.3 is 9.84 Å². The highest BCUT2D eigenvalue weighted by atomic mass is 19.4. The van der Waals surface area contributed by atoms with E-state index in [0.29, 0.717) is 12.1 Å². The molecule has 24 heavy (non-hydrogen) atoms. The van der Waals surface area contributed by atoms with Crippen molar-refractivity contribution in [2.75, 3.05) is 0 Å². The number of esters is 1. The van der Waals surface area contributed by atoms with Crippen LogP contribution in [0.25, 0.3) is 0 Å². The number of rotatable bonds is 5. The largest absolute Gasteiger partial charge is 0.477 e. The number of carbonyl (C=O) groups is 2. The SMILES string of the molecule is CC(C)C(C)(OC(=O)c1ccc(C(F)(F)F)cc1)C(F)(F)C(=O)O. The molecule has 0 radical (unpaired) electrons. The summed E-state index contributed by atoms with van der Waals surface area (Å²) in [5.74, 6) is -9.29. The number of carbonyl (C=O) groups excluding carboxylic acids is 1. The molecular formula is C15H15F5O4. The second-order valence-electron chi connectivity index (χ2n) is 5.61. The molecule has 1 unspecified atom stereocenters. The standard InChI is InChI=1S/C15H15F5O4/c1-8(2)13(3,14(16,17)12(22)23)24-11(21)9-4-6-10(7-5-9)15(18,19)20/h4-8H,1-3H3,(H,22,23). The summed E-state index contributed by atoms with van der Waals surface area (Å²) < 4.78 is 69.9. The van der Waals surface area contributed by atoms with E-state index in [0.717, 1.165) is 19.1 Å². The highest BCUT2D eigenvalue weighted by Crippen LogP contribution is 2.39. The van der Waals surface area contributed by atoms with Crippen LogP contribution in [0.2, 0.25) is 0 Å². The minimum Gasteiger partial charge on any atom is -0.477 e. The number of aliphatic carboxylic acids is 1. The molecule has 0 saturated carbocycles. The quantitative estimate of drug-likeness (QED) is 0.641. The van der Waals surface area contributed by atoms with E-state index >= 15 is 0 Å². The topological polar surface area (TPSA) is 63.6 Å². The van der Waals surface area contributed by atoms with Crippen LogP contribution >= 0.6 is 0 Å². The van der Waals surface area contributed by atoms with E-state index in [2.05, 4.69) is 4.74 Å². The van der Waals surface area contributed by atoms with Crippen LogP contribution in [-0.2, 0) is 15.7 Å². The summed E-state index contributed by atoms with van der Waals surface area (Å²) in [6.45, 7) is 3.22. The van der Waals surface area contributed by atoms with Crippen molar-refractivity contribution < 1.29 is 41.4 Å². The molecule has 0 amide bonds. The van der Waals surface area contributed by atoms with Gasteiger partial charge in [-0.3, -0.25) is 0 Å². The molecule has 1 N–H and O–H groups in total. The lowest BCUT2D eigenvalue weighted by Gasteiger charge is -2.37. The van der Waals surface area contributed by atoms with Crippen LogP contribution in [0.4, 0.5) is 22.0 Å². The lowest BCUT2D eigenvalue weighted by atomic mass is 9.85. The summed E-state index contributed by atoms with van der Waals surface area (Å²) in [4.78, 5) is 22.7. The fraction of sp³-hybridized carbons (Fsp3) is 0.467. The minimum atomic E-state index is -4.62. The molecule has 9 heteroatoms. The van der Waals surface area contributed by atoms with E-state index in [9.17, 15) is 31.5 Å². The maximum Gasteiger partial charge on any atom is 0.416 e. The number of carboxylic acid groups (broad SMARTS) is 1. The molecular weight excluding hydrogens is 339 g/mol. The molecule has 0 aromatic heterocycles. The van der Waals surface area contributed by atoms with Gasteiger partial charge in [0.25, 0.3) is 0 Å². The predicted molar refractivity (Wildman–Crippen MR) is 72.7 cm³/mol. The second kappa shape index (κ2) is 6.37. The highest BCUT2D eigenvalue weighted by molar-refractivity contribution is 5.90. The smallest absolute Gasteiger partial charge is 0.416 e. The van der Waals surface area contributed by atoms with Crippen LogP contribution in [0.15, 0.2) is 24.3 Å². The summed E-state index contributed by atoms with van der Waals surface area (Å²) in [7, 11) is 0. The van der Waals surface area contributed by atoms with Crippen LogP contribution in [0.1, 0.15) is 36.7 Å². The Labute approximate surface area is 134 Å². The van der Waals surface area contributed by atoms with E-state index in [1.54, 1.807) is 0 Å². The molecule has 4 nitrogen and oxygen atoms in total. The van der Waals surface area contributed by atoms with Crippen molar-refractivity contribution in [1.82, 2.24) is 0 Å². The van der Waals surface area contributed by atoms with Crippen molar-refractivity contribution in [2.24, 2.45) is 5.92 Å². The molecule has 0 heterocycles. The Hall–Kier alpha value is -2.19. The van der Waals surface area contributed by atoms with Crippen molar-refractivity contribution >= 4 is 11.9 Å². The van der Waals surface area contributed by atoms with Gasteiger partial charge in [-0.05, 0) is 37.1 Å². The number of carboxylic acids is 1. The number of ether oxygens (including phenoxy) is 1. The van der Waals surface area contributed by atoms with Gasteiger partial charge >= 0.3 is 24.0 Å². The molecule has 1 aromatic rings. The first-order valence-corrected chi connectivity index (χ1v) is 6.75. The summed E-state index contributed by atoms with van der Waals surface area (Å²) in [5, 5.41) is 8.67. The molecule has 0 fully saturated rings. The molecule has 0 aliphatic heterocycles. The molecule has 0 aliphatic rings. The zero-order valence-corrected chi connectivity index (χ0v) is 12.9. The fourth-order valence-electron chi connectivity index (χ4n) is 1.80. The number of alkyl halides is 5. The molecule has 0 aliphatic carbocycles. The van der Waals surface area contributed by atoms with E-state index < -0.39 is 46.7 Å². The first-order valence-electron chi connectivity index (χ1n) is 6.75. The molecule has 134 valence electrons. The van der Waals surface area contributed by atoms with Crippen LogP contribution in [0.3, 0.4) is 0 Å². The molecule has 1 atom stereocenters. The van der Waals surface area contributed by atoms with Crippen molar-refractivity contribution in [2.45, 2.75) is 38.5 Å². The van der Waals surface area contributed by atoms with Crippen molar-refractivity contribution in [3.63, 3.8) is 0 Å². The lowest BCUT2D eigenvalue weighted by molar-refractivity contribution is -0.214. The second-order valence-corrected chi connectivity index (χ2v) is 5.61. The van der Waals surface area contributed by atoms with Crippen molar-refractivity contribution in [1.29, 1.82) is 0 Å². The monoisotopic (exact) mass is 354 g/mol. The van der Waals surface area contributed by atoms with Gasteiger partial charge in [0, 0.05) is 0 Å². The minimum absolute atomic E-state index is 0.406. The van der Waals surface area contributed by atoms with Gasteiger partial charge in [-0.1, -0.05) is 13.8 Å². The van der Waals surface area contributed by atoms with Gasteiger partial charge in [-0.25, -0.2) is 9.59 Å². The molecule has 0 saturated heterocycles. The van der Waals surface area contributed by atoms with E-state index in [-0.39, 0.29) is 0 Å². The summed E-state index contributed by atoms with van der Waals surface area (Å²) in [6, 6.07) is 2.73. The average Bonchev–Trinajstić information content (AvgIpc) is 2.45. The fourth-order valence-corrected chi connectivity index (χ4v) is 1.80. The average molecular weight is 354 g/mol. The third-order valence-corrected chi connectivity index (χ3v) is 3.75. The maximum atomic E-state index is 13.9. The predicted octanol–water partition coefficient (Wildman–Crippen LogP) is 4.00. The Morgan fingerprint density at radius 2 is 1.50 bits per heavy atom. The summed E-state index contributed by atoms with van der Waals surface area (Å²) in [5.41, 5.74) is -4.11. The Bertz CT molecular complexity index is 622. The zero-order chi connectivity index (χ0) is 18.9. The summed E-state index contributed by atoms with van der Waals surface area (Å²) in [6.07, 6.45) is -4.62. The van der Waals surface area contributed by atoms with Gasteiger partial charge in [0.2, 0.25) is 0 Å². The van der Waals surface area contributed by atoms with Gasteiger partial charge in [0.1, 0.15) is 0 Å². The van der Waals surface area contributed by atoms with Crippen LogP contribution in [-0.4, -0.2) is 28.6 Å². The molecule has 1 aromatic carbocycles. The van der Waals surface area contributed by atoms with Gasteiger partial charge in [0.15, 0.2) is 5.60 Å². The first-order chi connectivity index (χ1) is 10.7. The van der Waals surface area contributed by atoms with E-state index in [4.69, 9.17) is 5.11 Å². The Morgan fingerprint density at radius 1 is 1.04 bits per heavy atom. The Balaban J connectivity index is 3.13. The third kappa shape index (κ3) is 3.65. The van der Waals surface area contributed by atoms with Gasteiger partial charge in [0.05, 0.1) is 11.1 Å². The molecule has 1 rings (SSSR count). The third-order valence-electron chi connectivity index (χ3n) is 3.75. The van der Waals surface area contributed by atoms with Crippen LogP contribution < -0.4 is 0 Å². The lowest BCUT2D eigenvalue weighted by Crippen LogP contribution is -2.57. The van der Waals surface area contributed by atoms with Crippen LogP contribution in [0, 0.1) is 5.92 Å². The first kappa shape index (κ1) is 19.9. The number of halogens is 5. The van der Waals surface area contributed by atoms with Gasteiger partial charge in [-0.2, -0.15) is 22.0 Å². The van der Waals surface area contributed by atoms with Crippen molar-refractivity contribution in [3.05, 3.63) is 35.4 Å². The van der Waals surface area contributed by atoms with Gasteiger partial charge in [-0.15, -0.1) is 0 Å². The van der Waals surface area contributed by atoms with E-state index in [1.807, 2.05) is 0 Å². The van der Waals surface area contributed by atoms with Crippen molar-refractivity contribution in [3.8, 4) is 0 Å². The molecule has 0 bridgehead atoms. The number of hydrogen-bond acceptors (Lipinski definition) is 3. The van der Waals surface area contributed by atoms with Crippen LogP contribution in [0.5, 0.6) is 0 Å². The molecule has 0 spiro atoms. The highest BCUT2D eigenvalue weighted by Gasteiger charge is 2.61.